The third-order valence-electron chi connectivity index (χ3n) is 3.86. The summed E-state index contributed by atoms with van der Waals surface area (Å²) >= 11 is 1.37. The third kappa shape index (κ3) is 4.77. The molecule has 1 heterocycles. The first kappa shape index (κ1) is 17.8. The second kappa shape index (κ2) is 7.11. The lowest BCUT2D eigenvalue weighted by molar-refractivity contribution is 0.0957. The van der Waals surface area contributed by atoms with E-state index in [2.05, 4.69) is 15.6 Å². The predicted molar refractivity (Wildman–Crippen MR) is 97.3 cm³/mol. The van der Waals surface area contributed by atoms with Gasteiger partial charge < -0.3 is 10.6 Å². The van der Waals surface area contributed by atoms with Gasteiger partial charge in [0.2, 0.25) is 10.0 Å². The number of amides is 1. The van der Waals surface area contributed by atoms with Crippen LogP contribution in [0.3, 0.4) is 0 Å². The number of nitrogens with zero attached hydrogens (tertiary/aromatic N) is 1. The summed E-state index contributed by atoms with van der Waals surface area (Å²) in [5, 5.41) is 12.0. The van der Waals surface area contributed by atoms with E-state index in [1.807, 2.05) is 6.92 Å². The molecule has 3 rings (SSSR count). The smallest absolute Gasteiger partial charge is 0.263 e. The second-order valence-corrected chi connectivity index (χ2v) is 8.61. The van der Waals surface area contributed by atoms with E-state index in [4.69, 9.17) is 5.14 Å². The van der Waals surface area contributed by atoms with Gasteiger partial charge in [-0.25, -0.2) is 18.5 Å². The molecule has 0 aliphatic heterocycles. The van der Waals surface area contributed by atoms with E-state index < -0.39 is 10.0 Å². The van der Waals surface area contributed by atoms with Crippen molar-refractivity contribution < 1.29 is 13.2 Å². The van der Waals surface area contributed by atoms with E-state index in [-0.39, 0.29) is 10.8 Å². The average Bonchev–Trinajstić information content (AvgIpc) is 3.28. The summed E-state index contributed by atoms with van der Waals surface area (Å²) < 4.78 is 22.4. The van der Waals surface area contributed by atoms with E-state index in [1.54, 1.807) is 12.1 Å². The maximum Gasteiger partial charge on any atom is 0.263 e. The van der Waals surface area contributed by atoms with Crippen molar-refractivity contribution in [1.29, 1.82) is 0 Å². The molecule has 2 aromatic rings. The molecule has 9 heteroatoms. The van der Waals surface area contributed by atoms with Crippen LogP contribution in [0.25, 0.3) is 0 Å². The van der Waals surface area contributed by atoms with Gasteiger partial charge >= 0.3 is 0 Å². The lowest BCUT2D eigenvalue weighted by Gasteiger charge is -2.05. The highest BCUT2D eigenvalue weighted by Crippen LogP contribution is 2.29. The van der Waals surface area contributed by atoms with Crippen molar-refractivity contribution in [3.8, 4) is 0 Å². The molecule has 1 aliphatic rings. The van der Waals surface area contributed by atoms with E-state index >= 15 is 0 Å². The number of nitrogens with one attached hydrogen (secondary N) is 2. The summed E-state index contributed by atoms with van der Waals surface area (Å²) in [5.74, 6) is -0.139. The zero-order valence-corrected chi connectivity index (χ0v) is 15.4. The quantitative estimate of drug-likeness (QED) is 0.676. The number of rotatable bonds is 7. The fraction of sp³-hybridized carbons (Fsp3) is 0.375. The molecule has 25 heavy (non-hydrogen) atoms. The molecule has 0 bridgehead atoms. The highest BCUT2D eigenvalue weighted by Gasteiger charge is 2.23. The molecule has 134 valence electrons. The summed E-state index contributed by atoms with van der Waals surface area (Å²) in [6.07, 6.45) is 2.91. The minimum Gasteiger partial charge on any atom is -0.359 e. The van der Waals surface area contributed by atoms with Gasteiger partial charge in [0, 0.05) is 12.6 Å². The highest BCUT2D eigenvalue weighted by atomic mass is 32.2. The summed E-state index contributed by atoms with van der Waals surface area (Å²) in [5.41, 5.74) is 1.65. The minimum atomic E-state index is -3.68. The van der Waals surface area contributed by atoms with Crippen molar-refractivity contribution >= 4 is 32.4 Å². The van der Waals surface area contributed by atoms with Gasteiger partial charge in [-0.3, -0.25) is 4.79 Å². The van der Waals surface area contributed by atoms with Crippen LogP contribution in [-0.2, 0) is 16.4 Å². The molecule has 1 saturated carbocycles. The van der Waals surface area contributed by atoms with Gasteiger partial charge in [-0.1, -0.05) is 23.5 Å². The zero-order chi connectivity index (χ0) is 18.0. The summed E-state index contributed by atoms with van der Waals surface area (Å²) in [4.78, 5) is 17.4. The van der Waals surface area contributed by atoms with Crippen molar-refractivity contribution in [1.82, 2.24) is 10.3 Å². The lowest BCUT2D eigenvalue weighted by atomic mass is 10.1. The van der Waals surface area contributed by atoms with Crippen LogP contribution in [-0.4, -0.2) is 31.9 Å². The molecule has 1 fully saturated rings. The monoisotopic (exact) mass is 380 g/mol. The molecule has 4 N–H and O–H groups in total. The fourth-order valence-corrected chi connectivity index (χ4v) is 3.79. The van der Waals surface area contributed by atoms with Crippen LogP contribution in [0.1, 0.15) is 33.8 Å². The number of thiazole rings is 1. The topological polar surface area (TPSA) is 114 Å². The molecule has 1 aromatic carbocycles. The Kier molecular flexibility index (Phi) is 5.07. The van der Waals surface area contributed by atoms with Gasteiger partial charge in [0.05, 0.1) is 10.6 Å². The molecule has 7 nitrogen and oxygen atoms in total. The van der Waals surface area contributed by atoms with E-state index in [1.165, 1.54) is 23.5 Å². The number of hydrogen-bond donors (Lipinski definition) is 3. The van der Waals surface area contributed by atoms with E-state index in [0.29, 0.717) is 23.9 Å². The molecule has 1 aliphatic carbocycles. The second-order valence-electron chi connectivity index (χ2n) is 6.05. The fourth-order valence-electron chi connectivity index (χ4n) is 2.32. The van der Waals surface area contributed by atoms with Crippen molar-refractivity contribution in [3.05, 3.63) is 40.4 Å². The van der Waals surface area contributed by atoms with Crippen molar-refractivity contribution in [2.75, 3.05) is 11.9 Å². The largest absolute Gasteiger partial charge is 0.359 e. The van der Waals surface area contributed by atoms with Gasteiger partial charge in [0.25, 0.3) is 5.91 Å². The zero-order valence-electron chi connectivity index (χ0n) is 13.8. The van der Waals surface area contributed by atoms with Gasteiger partial charge in [-0.05, 0) is 43.9 Å². The predicted octanol–water partition coefficient (Wildman–Crippen LogP) is 1.65. The Labute approximate surface area is 150 Å². The first-order chi connectivity index (χ1) is 11.8. The van der Waals surface area contributed by atoms with Crippen LogP contribution in [0.2, 0.25) is 0 Å². The molecule has 0 saturated heterocycles. The van der Waals surface area contributed by atoms with Crippen LogP contribution >= 0.6 is 11.3 Å². The van der Waals surface area contributed by atoms with Crippen LogP contribution in [0.4, 0.5) is 5.13 Å². The number of carbonyl (C=O) groups is 1. The van der Waals surface area contributed by atoms with Crippen LogP contribution < -0.4 is 15.8 Å². The SMILES string of the molecule is Cc1nc(NC2CC2)sc1C(=O)NCCc1ccc(S(N)(=O)=O)cc1. The van der Waals surface area contributed by atoms with Crippen molar-refractivity contribution in [2.45, 2.75) is 37.1 Å². The summed E-state index contributed by atoms with van der Waals surface area (Å²) in [7, 11) is -3.68. The molecule has 0 spiro atoms. The van der Waals surface area contributed by atoms with Crippen molar-refractivity contribution in [2.24, 2.45) is 5.14 Å². The summed E-state index contributed by atoms with van der Waals surface area (Å²) in [6, 6.07) is 6.83. The first-order valence-electron chi connectivity index (χ1n) is 7.97. The standard InChI is InChI=1S/C16H20N4O3S2/c1-10-14(24-16(19-10)20-12-4-5-12)15(21)18-9-8-11-2-6-13(7-3-11)25(17,22)23/h2-3,6-7,12H,4-5,8-9H2,1H3,(H,18,21)(H,19,20)(H2,17,22,23). The number of carbonyl (C=O) groups excluding carboxylic acids is 1. The van der Waals surface area contributed by atoms with Gasteiger partial charge in [-0.15, -0.1) is 0 Å². The number of aromatic nitrogens is 1. The average molecular weight is 380 g/mol. The molecular formula is C16H20N4O3S2. The molecule has 0 unspecified atom stereocenters. The van der Waals surface area contributed by atoms with E-state index in [0.717, 1.165) is 29.2 Å². The Morgan fingerprint density at radius 1 is 1.32 bits per heavy atom. The number of sulfonamides is 1. The molecule has 1 amide bonds. The van der Waals surface area contributed by atoms with Crippen LogP contribution in [0.15, 0.2) is 29.2 Å². The Morgan fingerprint density at radius 2 is 2.00 bits per heavy atom. The normalized spacial score (nSPS) is 14.3. The maximum absolute atomic E-state index is 12.3. The minimum absolute atomic E-state index is 0.0799. The van der Waals surface area contributed by atoms with Crippen LogP contribution in [0.5, 0.6) is 0 Å². The highest BCUT2D eigenvalue weighted by molar-refractivity contribution is 7.89. The Balaban J connectivity index is 1.53. The number of anilines is 1. The molecule has 0 atom stereocenters. The third-order valence-corrected chi connectivity index (χ3v) is 5.88. The number of aryl methyl sites for hydroxylation is 1. The number of benzene rings is 1. The molecular weight excluding hydrogens is 360 g/mol. The number of primary sulfonamides is 1. The first-order valence-corrected chi connectivity index (χ1v) is 10.3. The Morgan fingerprint density at radius 3 is 2.60 bits per heavy atom. The van der Waals surface area contributed by atoms with Gasteiger partial charge in [0.1, 0.15) is 4.88 Å². The lowest BCUT2D eigenvalue weighted by Crippen LogP contribution is -2.25. The maximum atomic E-state index is 12.3. The summed E-state index contributed by atoms with van der Waals surface area (Å²) in [6.45, 7) is 2.28. The van der Waals surface area contributed by atoms with Crippen molar-refractivity contribution in [3.63, 3.8) is 0 Å². The molecule has 1 aromatic heterocycles. The molecule has 0 radical (unpaired) electrons. The van der Waals surface area contributed by atoms with E-state index in [9.17, 15) is 13.2 Å². The Hall–Kier alpha value is -1.97. The number of nitrogens with two attached hydrogens (primary N) is 1. The number of hydrogen-bond acceptors (Lipinski definition) is 6. The van der Waals surface area contributed by atoms with Gasteiger partial charge in [0.15, 0.2) is 5.13 Å². The van der Waals surface area contributed by atoms with Crippen LogP contribution in [0, 0.1) is 6.92 Å². The van der Waals surface area contributed by atoms with Gasteiger partial charge in [-0.2, -0.15) is 0 Å². The Bertz CT molecular complexity index is 871.